The number of carbonyl (C=O) groups is 4. The van der Waals surface area contributed by atoms with Gasteiger partial charge in [-0.3, -0.25) is 24.1 Å². The van der Waals surface area contributed by atoms with Crippen LogP contribution < -0.4 is 0 Å². The van der Waals surface area contributed by atoms with Gasteiger partial charge in [0.2, 0.25) is 17.7 Å². The predicted molar refractivity (Wildman–Crippen MR) is 69.5 cm³/mol. The number of amides is 3. The highest BCUT2D eigenvalue weighted by Crippen LogP contribution is 2.12. The number of nitrogens with zero attached hydrogens (tertiary/aromatic N) is 2. The van der Waals surface area contributed by atoms with E-state index in [0.29, 0.717) is 6.61 Å². The average Bonchev–Trinajstić information content (AvgIpc) is 2.73. The van der Waals surface area contributed by atoms with Crippen LogP contribution in [0, 0.1) is 0 Å². The molecule has 20 heavy (non-hydrogen) atoms. The molecule has 0 radical (unpaired) electrons. The standard InChI is InChI=1S/C13H20N2O5/c1-3-20-13(19)7-8-14(2)10(16)6-9-15-11(17)4-5-12(15)18/h3-9H2,1-2H3. The summed E-state index contributed by atoms with van der Waals surface area (Å²) in [6.45, 7) is 2.41. The van der Waals surface area contributed by atoms with Gasteiger partial charge in [0.1, 0.15) is 0 Å². The lowest BCUT2D eigenvalue weighted by atomic mass is 10.3. The van der Waals surface area contributed by atoms with Crippen LogP contribution in [0.4, 0.5) is 0 Å². The molecule has 7 heteroatoms. The largest absolute Gasteiger partial charge is 0.466 e. The van der Waals surface area contributed by atoms with Crippen LogP contribution in [0.1, 0.15) is 32.6 Å². The summed E-state index contributed by atoms with van der Waals surface area (Å²) in [6.07, 6.45) is 0.673. The molecule has 1 rings (SSSR count). The lowest BCUT2D eigenvalue weighted by molar-refractivity contribution is -0.143. The Morgan fingerprint density at radius 3 is 2.35 bits per heavy atom. The molecule has 0 aromatic rings. The SMILES string of the molecule is CCOC(=O)CCN(C)C(=O)CCN1C(=O)CCC1=O. The van der Waals surface area contributed by atoms with Crippen molar-refractivity contribution in [1.29, 1.82) is 0 Å². The zero-order valence-electron chi connectivity index (χ0n) is 11.9. The van der Waals surface area contributed by atoms with Crippen molar-refractivity contribution in [2.45, 2.75) is 32.6 Å². The molecule has 1 aliphatic heterocycles. The maximum atomic E-state index is 11.8. The van der Waals surface area contributed by atoms with Gasteiger partial charge in [0.25, 0.3) is 0 Å². The molecule has 0 unspecified atom stereocenters. The average molecular weight is 284 g/mol. The van der Waals surface area contributed by atoms with Gasteiger partial charge in [0, 0.05) is 39.4 Å². The molecule has 1 aliphatic rings. The molecule has 3 amide bonds. The molecule has 112 valence electrons. The Bertz CT molecular complexity index is 392. The predicted octanol–water partition coefficient (Wildman–Crippen LogP) is -0.0629. The number of carbonyl (C=O) groups excluding carboxylic acids is 4. The molecule has 7 nitrogen and oxygen atoms in total. The topological polar surface area (TPSA) is 84.0 Å². The smallest absolute Gasteiger partial charge is 0.307 e. The molecule has 1 heterocycles. The van der Waals surface area contributed by atoms with Gasteiger partial charge in [0.15, 0.2) is 0 Å². The molecule has 0 spiro atoms. The highest BCUT2D eigenvalue weighted by Gasteiger charge is 2.29. The lowest BCUT2D eigenvalue weighted by Crippen LogP contribution is -2.35. The Balaban J connectivity index is 2.29. The molecule has 0 aromatic heterocycles. The molecular weight excluding hydrogens is 264 g/mol. The van der Waals surface area contributed by atoms with E-state index in [1.165, 1.54) is 4.90 Å². The fraction of sp³-hybridized carbons (Fsp3) is 0.692. The first kappa shape index (κ1) is 16.1. The summed E-state index contributed by atoms with van der Waals surface area (Å²) in [5.74, 6) is -1.01. The third kappa shape index (κ3) is 4.64. The van der Waals surface area contributed by atoms with E-state index in [2.05, 4.69) is 0 Å². The van der Waals surface area contributed by atoms with E-state index in [4.69, 9.17) is 4.74 Å². The minimum atomic E-state index is -0.350. The van der Waals surface area contributed by atoms with Crippen molar-refractivity contribution in [2.24, 2.45) is 0 Å². The van der Waals surface area contributed by atoms with E-state index in [-0.39, 0.29) is 62.5 Å². The minimum Gasteiger partial charge on any atom is -0.466 e. The van der Waals surface area contributed by atoms with E-state index in [0.717, 1.165) is 4.90 Å². The van der Waals surface area contributed by atoms with Crippen LogP contribution in [-0.2, 0) is 23.9 Å². The zero-order chi connectivity index (χ0) is 15.1. The van der Waals surface area contributed by atoms with E-state index >= 15 is 0 Å². The third-order valence-corrected chi connectivity index (χ3v) is 3.09. The van der Waals surface area contributed by atoms with Gasteiger partial charge in [-0.1, -0.05) is 0 Å². The van der Waals surface area contributed by atoms with Gasteiger partial charge in [-0.15, -0.1) is 0 Å². The molecule has 0 N–H and O–H groups in total. The molecule has 0 saturated carbocycles. The van der Waals surface area contributed by atoms with Crippen molar-refractivity contribution >= 4 is 23.7 Å². The third-order valence-electron chi connectivity index (χ3n) is 3.09. The van der Waals surface area contributed by atoms with Crippen molar-refractivity contribution in [1.82, 2.24) is 9.80 Å². The number of hydrogen-bond acceptors (Lipinski definition) is 5. The summed E-state index contributed by atoms with van der Waals surface area (Å²) in [7, 11) is 1.58. The van der Waals surface area contributed by atoms with E-state index in [9.17, 15) is 19.2 Å². The summed E-state index contributed by atoms with van der Waals surface area (Å²) in [5, 5.41) is 0. The summed E-state index contributed by atoms with van der Waals surface area (Å²) in [5.41, 5.74) is 0. The van der Waals surface area contributed by atoms with Crippen LogP contribution in [0.5, 0.6) is 0 Å². The van der Waals surface area contributed by atoms with Crippen molar-refractivity contribution in [3.05, 3.63) is 0 Å². The van der Waals surface area contributed by atoms with Crippen LogP contribution in [0.15, 0.2) is 0 Å². The van der Waals surface area contributed by atoms with Crippen LogP contribution in [0.3, 0.4) is 0 Å². The van der Waals surface area contributed by atoms with E-state index in [1.807, 2.05) is 0 Å². The molecule has 0 aliphatic carbocycles. The van der Waals surface area contributed by atoms with Gasteiger partial charge >= 0.3 is 5.97 Å². The number of ether oxygens (including phenoxy) is 1. The first-order valence-corrected chi connectivity index (χ1v) is 6.68. The lowest BCUT2D eigenvalue weighted by Gasteiger charge is -2.19. The molecular formula is C13H20N2O5. The van der Waals surface area contributed by atoms with Crippen LogP contribution in [0.25, 0.3) is 0 Å². The second-order valence-corrected chi connectivity index (χ2v) is 4.56. The van der Waals surface area contributed by atoms with Crippen molar-refractivity contribution in [3.63, 3.8) is 0 Å². The van der Waals surface area contributed by atoms with Crippen LogP contribution >= 0.6 is 0 Å². The number of imide groups is 1. The summed E-state index contributed by atoms with van der Waals surface area (Å²) in [4.78, 5) is 48.2. The fourth-order valence-corrected chi connectivity index (χ4v) is 1.89. The second kappa shape index (κ2) is 7.62. The van der Waals surface area contributed by atoms with Gasteiger partial charge in [-0.05, 0) is 6.92 Å². The highest BCUT2D eigenvalue weighted by molar-refractivity contribution is 6.02. The van der Waals surface area contributed by atoms with Crippen molar-refractivity contribution in [3.8, 4) is 0 Å². The minimum absolute atomic E-state index is 0.0802. The zero-order valence-corrected chi connectivity index (χ0v) is 11.9. The fourth-order valence-electron chi connectivity index (χ4n) is 1.89. The van der Waals surface area contributed by atoms with Crippen LogP contribution in [-0.4, -0.2) is 60.2 Å². The first-order valence-electron chi connectivity index (χ1n) is 6.68. The second-order valence-electron chi connectivity index (χ2n) is 4.56. The van der Waals surface area contributed by atoms with Crippen molar-refractivity contribution < 1.29 is 23.9 Å². The molecule has 0 atom stereocenters. The summed E-state index contributed by atoms with van der Waals surface area (Å²) >= 11 is 0. The highest BCUT2D eigenvalue weighted by atomic mass is 16.5. The van der Waals surface area contributed by atoms with Gasteiger partial charge < -0.3 is 9.64 Å². The van der Waals surface area contributed by atoms with E-state index < -0.39 is 0 Å². The van der Waals surface area contributed by atoms with Crippen LogP contribution in [0.2, 0.25) is 0 Å². The normalized spacial score (nSPS) is 14.6. The molecule has 1 fully saturated rings. The monoisotopic (exact) mass is 284 g/mol. The Labute approximate surface area is 117 Å². The molecule has 0 aromatic carbocycles. The van der Waals surface area contributed by atoms with Crippen molar-refractivity contribution in [2.75, 3.05) is 26.7 Å². The summed E-state index contributed by atoms with van der Waals surface area (Å²) < 4.78 is 4.77. The Hall–Kier alpha value is -1.92. The first-order chi connectivity index (χ1) is 9.45. The number of rotatable bonds is 7. The van der Waals surface area contributed by atoms with Gasteiger partial charge in [-0.25, -0.2) is 0 Å². The van der Waals surface area contributed by atoms with E-state index in [1.54, 1.807) is 14.0 Å². The quantitative estimate of drug-likeness (QED) is 0.483. The Morgan fingerprint density at radius 1 is 1.20 bits per heavy atom. The van der Waals surface area contributed by atoms with Gasteiger partial charge in [-0.2, -0.15) is 0 Å². The maximum absolute atomic E-state index is 11.8. The maximum Gasteiger partial charge on any atom is 0.307 e. The number of hydrogen-bond donors (Lipinski definition) is 0. The van der Waals surface area contributed by atoms with Gasteiger partial charge in [0.05, 0.1) is 13.0 Å². The molecule has 1 saturated heterocycles. The summed E-state index contributed by atoms with van der Waals surface area (Å²) in [6, 6.07) is 0. The molecule has 0 bridgehead atoms. The Kier molecular flexibility index (Phi) is 6.14. The Morgan fingerprint density at radius 2 is 1.80 bits per heavy atom. The number of likely N-dealkylation sites (tertiary alicyclic amines) is 1. The number of esters is 1.